The minimum atomic E-state index is -3.72. The summed E-state index contributed by atoms with van der Waals surface area (Å²) in [6.07, 6.45) is 2.76. The van der Waals surface area contributed by atoms with E-state index in [1.54, 1.807) is 6.07 Å². The van der Waals surface area contributed by atoms with E-state index in [-0.39, 0.29) is 23.2 Å². The van der Waals surface area contributed by atoms with Crippen molar-refractivity contribution in [2.24, 2.45) is 5.92 Å². The van der Waals surface area contributed by atoms with Crippen molar-refractivity contribution in [2.75, 3.05) is 23.7 Å². The number of carbonyl (C=O) groups is 1. The lowest BCUT2D eigenvalue weighted by Crippen LogP contribution is -2.42. The van der Waals surface area contributed by atoms with Crippen molar-refractivity contribution in [2.45, 2.75) is 19.8 Å². The molecule has 1 atom stereocenters. The number of amides is 1. The smallest absolute Gasteiger partial charge is 0.240 e. The summed E-state index contributed by atoms with van der Waals surface area (Å²) in [4.78, 5) is 12.4. The molecule has 28 heavy (non-hydrogen) atoms. The van der Waals surface area contributed by atoms with Crippen molar-refractivity contribution in [1.29, 1.82) is 0 Å². The zero-order chi connectivity index (χ0) is 20.7. The van der Waals surface area contributed by atoms with E-state index >= 15 is 0 Å². The maximum absolute atomic E-state index is 12.4. The molecule has 0 aliphatic rings. The lowest BCUT2D eigenvalue weighted by atomic mass is 9.97. The van der Waals surface area contributed by atoms with Gasteiger partial charge in [0.25, 0.3) is 0 Å². The number of rotatable bonds is 9. The van der Waals surface area contributed by atoms with Gasteiger partial charge in [-0.3, -0.25) is 9.10 Å². The first kappa shape index (κ1) is 22.5. The summed E-state index contributed by atoms with van der Waals surface area (Å²) in [6.45, 7) is 2.17. The molecule has 5 nitrogen and oxygen atoms in total. The lowest BCUT2D eigenvalue weighted by Gasteiger charge is -2.24. The van der Waals surface area contributed by atoms with Crippen LogP contribution in [-0.2, 0) is 21.2 Å². The highest BCUT2D eigenvalue weighted by atomic mass is 35.5. The molecule has 0 spiro atoms. The molecule has 2 aromatic carbocycles. The number of nitrogens with zero attached hydrogens (tertiary/aromatic N) is 1. The van der Waals surface area contributed by atoms with Crippen LogP contribution in [0.1, 0.15) is 18.9 Å². The Balaban J connectivity index is 2.04. The highest BCUT2D eigenvalue weighted by Crippen LogP contribution is 2.30. The Morgan fingerprint density at radius 3 is 2.43 bits per heavy atom. The molecule has 0 saturated heterocycles. The molecule has 0 aromatic heterocycles. The molecule has 2 aromatic rings. The second kappa shape index (κ2) is 10.1. The van der Waals surface area contributed by atoms with Gasteiger partial charge in [-0.1, -0.05) is 66.9 Å². The topological polar surface area (TPSA) is 66.5 Å². The zero-order valence-corrected chi connectivity index (χ0v) is 18.2. The van der Waals surface area contributed by atoms with Crippen LogP contribution in [0.5, 0.6) is 0 Å². The predicted octanol–water partition coefficient (Wildman–Crippen LogP) is 4.14. The summed E-state index contributed by atoms with van der Waals surface area (Å²) in [5.74, 6) is -0.138. The van der Waals surface area contributed by atoms with Crippen LogP contribution in [-0.4, -0.2) is 33.7 Å². The first-order valence-electron chi connectivity index (χ1n) is 8.94. The van der Waals surface area contributed by atoms with Gasteiger partial charge >= 0.3 is 0 Å². The van der Waals surface area contributed by atoms with Gasteiger partial charge in [-0.05, 0) is 36.1 Å². The van der Waals surface area contributed by atoms with E-state index in [0.717, 1.165) is 23.4 Å². The minimum Gasteiger partial charge on any atom is -0.354 e. The van der Waals surface area contributed by atoms with Crippen LogP contribution in [0.25, 0.3) is 0 Å². The zero-order valence-electron chi connectivity index (χ0n) is 15.9. The van der Waals surface area contributed by atoms with E-state index in [0.29, 0.717) is 11.6 Å². The number of halogens is 2. The molecule has 0 aliphatic carbocycles. The standard InChI is InChI=1S/C20H24Cl2N2O3S/c1-3-15(11-16-7-5-4-6-8-16)13-23-20(25)14-24(28(2,26)27)19-12-17(21)9-10-18(19)22/h4-10,12,15H,3,11,13-14H2,1-2H3,(H,23,25). The van der Waals surface area contributed by atoms with Gasteiger partial charge in [0.2, 0.25) is 15.9 Å². The lowest BCUT2D eigenvalue weighted by molar-refractivity contribution is -0.119. The number of hydrogen-bond acceptors (Lipinski definition) is 3. The number of carbonyl (C=O) groups excluding carboxylic acids is 1. The summed E-state index contributed by atoms with van der Waals surface area (Å²) < 4.78 is 25.4. The number of benzene rings is 2. The van der Waals surface area contributed by atoms with E-state index in [4.69, 9.17) is 23.2 Å². The summed E-state index contributed by atoms with van der Waals surface area (Å²) in [5, 5.41) is 3.38. The average Bonchev–Trinajstić information content (AvgIpc) is 2.65. The fourth-order valence-electron chi connectivity index (χ4n) is 2.81. The van der Waals surface area contributed by atoms with Crippen molar-refractivity contribution in [3.05, 3.63) is 64.1 Å². The third-order valence-corrected chi connectivity index (χ3v) is 6.08. The first-order chi connectivity index (χ1) is 13.2. The molecule has 1 N–H and O–H groups in total. The van der Waals surface area contributed by atoms with Crippen molar-refractivity contribution in [3.8, 4) is 0 Å². The molecule has 8 heteroatoms. The van der Waals surface area contributed by atoms with Gasteiger partial charge < -0.3 is 5.32 Å². The second-order valence-corrected chi connectivity index (χ2v) is 9.38. The van der Waals surface area contributed by atoms with Crippen molar-refractivity contribution in [3.63, 3.8) is 0 Å². The molecule has 0 fully saturated rings. The van der Waals surface area contributed by atoms with Crippen LogP contribution >= 0.6 is 23.2 Å². The molecule has 2 rings (SSSR count). The average molecular weight is 443 g/mol. The van der Waals surface area contributed by atoms with Crippen molar-refractivity contribution < 1.29 is 13.2 Å². The molecule has 152 valence electrons. The summed E-state index contributed by atoms with van der Waals surface area (Å²) in [6, 6.07) is 14.5. The van der Waals surface area contributed by atoms with Gasteiger partial charge in [0.15, 0.2) is 0 Å². The SMILES string of the molecule is CCC(CNC(=O)CN(c1cc(Cl)ccc1Cl)S(C)(=O)=O)Cc1ccccc1. The fraction of sp³-hybridized carbons (Fsp3) is 0.350. The monoisotopic (exact) mass is 442 g/mol. The number of sulfonamides is 1. The molecule has 0 saturated carbocycles. The van der Waals surface area contributed by atoms with Gasteiger partial charge in [0.1, 0.15) is 6.54 Å². The number of nitrogens with one attached hydrogen (secondary N) is 1. The van der Waals surface area contributed by atoms with Crippen LogP contribution in [0, 0.1) is 5.92 Å². The van der Waals surface area contributed by atoms with Crippen LogP contribution in [0.3, 0.4) is 0 Å². The molecule has 1 unspecified atom stereocenters. The van der Waals surface area contributed by atoms with Crippen LogP contribution < -0.4 is 9.62 Å². The Bertz CT molecular complexity index is 905. The Kier molecular flexibility index (Phi) is 8.16. The third-order valence-electron chi connectivity index (χ3n) is 4.40. The maximum atomic E-state index is 12.4. The molecule has 0 radical (unpaired) electrons. The largest absolute Gasteiger partial charge is 0.354 e. The molecule has 0 aliphatic heterocycles. The fourth-order valence-corrected chi connectivity index (χ4v) is 4.11. The Labute approximate surface area is 176 Å². The quantitative estimate of drug-likeness (QED) is 0.634. The predicted molar refractivity (Wildman–Crippen MR) is 116 cm³/mol. The van der Waals surface area contributed by atoms with Crippen LogP contribution in [0.2, 0.25) is 10.0 Å². The first-order valence-corrected chi connectivity index (χ1v) is 11.5. The normalized spacial score (nSPS) is 12.4. The summed E-state index contributed by atoms with van der Waals surface area (Å²) in [5.41, 5.74) is 1.38. The van der Waals surface area contributed by atoms with Gasteiger partial charge in [-0.15, -0.1) is 0 Å². The highest BCUT2D eigenvalue weighted by Gasteiger charge is 2.23. The van der Waals surface area contributed by atoms with E-state index < -0.39 is 15.9 Å². The van der Waals surface area contributed by atoms with Crippen LogP contribution in [0.15, 0.2) is 48.5 Å². The molecular weight excluding hydrogens is 419 g/mol. The second-order valence-electron chi connectivity index (χ2n) is 6.63. The van der Waals surface area contributed by atoms with Crippen LogP contribution in [0.4, 0.5) is 5.69 Å². The molecule has 1 amide bonds. The maximum Gasteiger partial charge on any atom is 0.240 e. The van der Waals surface area contributed by atoms with Crippen molar-refractivity contribution >= 4 is 44.8 Å². The van der Waals surface area contributed by atoms with Gasteiger partial charge in [-0.2, -0.15) is 0 Å². The Morgan fingerprint density at radius 2 is 1.82 bits per heavy atom. The number of anilines is 1. The number of hydrogen-bond donors (Lipinski definition) is 1. The summed E-state index contributed by atoms with van der Waals surface area (Å²) in [7, 11) is -3.72. The Hall–Kier alpha value is -1.76. The van der Waals surface area contributed by atoms with Gasteiger partial charge in [0.05, 0.1) is 17.0 Å². The van der Waals surface area contributed by atoms with Crippen molar-refractivity contribution in [1.82, 2.24) is 5.32 Å². The molecule has 0 bridgehead atoms. The highest BCUT2D eigenvalue weighted by molar-refractivity contribution is 7.92. The van der Waals surface area contributed by atoms with E-state index in [1.807, 2.05) is 18.2 Å². The summed E-state index contributed by atoms with van der Waals surface area (Å²) >= 11 is 12.1. The van der Waals surface area contributed by atoms with Gasteiger partial charge in [-0.25, -0.2) is 8.42 Å². The van der Waals surface area contributed by atoms with Gasteiger partial charge in [0, 0.05) is 11.6 Å². The van der Waals surface area contributed by atoms with E-state index in [9.17, 15) is 13.2 Å². The minimum absolute atomic E-state index is 0.183. The third kappa shape index (κ3) is 6.69. The van der Waals surface area contributed by atoms with E-state index in [1.165, 1.54) is 17.7 Å². The van der Waals surface area contributed by atoms with E-state index in [2.05, 4.69) is 24.4 Å². The molecular formula is C20H24Cl2N2O3S. The Morgan fingerprint density at radius 1 is 1.14 bits per heavy atom. The molecule has 0 heterocycles.